The number of hydrogen-bond acceptors (Lipinski definition) is 3. The molecule has 182 valence electrons. The van der Waals surface area contributed by atoms with E-state index in [9.17, 15) is 0 Å². The van der Waals surface area contributed by atoms with Gasteiger partial charge in [-0.25, -0.2) is 0 Å². The van der Waals surface area contributed by atoms with E-state index in [0.717, 1.165) is 6.04 Å². The zero-order valence-electron chi connectivity index (χ0n) is 21.1. The van der Waals surface area contributed by atoms with Crippen molar-refractivity contribution >= 4 is 10.8 Å². The van der Waals surface area contributed by atoms with E-state index in [1.54, 1.807) is 11.1 Å². The SMILES string of the molecule is C[C@]12CC=C3C=C4CC[C@H](N5CCCC5)C[C@]45CC[C@]3(O5)[C@@H]1CCC2c1ccc2ccncc2c1. The summed E-state index contributed by atoms with van der Waals surface area (Å²) in [5, 5.41) is 2.57. The van der Waals surface area contributed by atoms with E-state index in [2.05, 4.69) is 53.2 Å². The number of pyridine rings is 1. The Morgan fingerprint density at radius 2 is 1.94 bits per heavy atom. The third-order valence-corrected chi connectivity index (χ3v) is 11.4. The second-order valence-corrected chi connectivity index (χ2v) is 12.8. The average molecular weight is 467 g/mol. The molecule has 2 saturated heterocycles. The van der Waals surface area contributed by atoms with Gasteiger partial charge in [0.2, 0.25) is 0 Å². The molecule has 1 unspecified atom stereocenters. The molecule has 3 heteroatoms. The third-order valence-electron chi connectivity index (χ3n) is 11.4. The highest BCUT2D eigenvalue weighted by Gasteiger charge is 2.66. The summed E-state index contributed by atoms with van der Waals surface area (Å²) in [5.74, 6) is 1.22. The summed E-state index contributed by atoms with van der Waals surface area (Å²) >= 11 is 0. The van der Waals surface area contributed by atoms with E-state index in [4.69, 9.17) is 4.74 Å². The van der Waals surface area contributed by atoms with Gasteiger partial charge in [-0.3, -0.25) is 4.98 Å². The maximum atomic E-state index is 7.53. The Labute approximate surface area is 209 Å². The topological polar surface area (TPSA) is 25.4 Å². The summed E-state index contributed by atoms with van der Waals surface area (Å²) in [6.07, 6.45) is 22.0. The number of likely N-dealkylation sites (tertiary alicyclic amines) is 1. The predicted molar refractivity (Wildman–Crippen MR) is 140 cm³/mol. The van der Waals surface area contributed by atoms with Gasteiger partial charge in [0.25, 0.3) is 0 Å². The van der Waals surface area contributed by atoms with E-state index >= 15 is 0 Å². The highest BCUT2D eigenvalue weighted by atomic mass is 16.5. The van der Waals surface area contributed by atoms with Gasteiger partial charge in [-0.05, 0) is 129 Å². The summed E-state index contributed by atoms with van der Waals surface area (Å²) in [6.45, 7) is 5.20. The molecule has 4 heterocycles. The smallest absolute Gasteiger partial charge is 0.0974 e. The molecule has 6 atom stereocenters. The Balaban J connectivity index is 1.15. The minimum atomic E-state index is -0.0451. The second kappa shape index (κ2) is 7.29. The van der Waals surface area contributed by atoms with Crippen LogP contribution in [-0.2, 0) is 4.74 Å². The van der Waals surface area contributed by atoms with Gasteiger partial charge in [0, 0.05) is 23.8 Å². The van der Waals surface area contributed by atoms with E-state index in [-0.39, 0.29) is 16.6 Å². The molecule has 3 aliphatic heterocycles. The van der Waals surface area contributed by atoms with Crippen LogP contribution in [0.2, 0.25) is 0 Å². The van der Waals surface area contributed by atoms with Crippen LogP contribution in [0.3, 0.4) is 0 Å². The van der Waals surface area contributed by atoms with Crippen LogP contribution < -0.4 is 0 Å². The fraction of sp³-hybridized carbons (Fsp3) is 0.594. The van der Waals surface area contributed by atoms with Crippen molar-refractivity contribution in [2.24, 2.45) is 11.3 Å². The highest BCUT2D eigenvalue weighted by molar-refractivity contribution is 5.82. The van der Waals surface area contributed by atoms with E-state index in [0.29, 0.717) is 11.8 Å². The molecule has 1 aromatic heterocycles. The number of hydrogen-bond donors (Lipinski definition) is 0. The average Bonchev–Trinajstić information content (AvgIpc) is 3.60. The molecule has 2 bridgehead atoms. The van der Waals surface area contributed by atoms with Gasteiger partial charge in [-0.1, -0.05) is 31.2 Å². The van der Waals surface area contributed by atoms with Gasteiger partial charge < -0.3 is 9.64 Å². The Morgan fingerprint density at radius 3 is 2.86 bits per heavy atom. The summed E-state index contributed by atoms with van der Waals surface area (Å²) in [5.41, 5.74) is 4.93. The number of allylic oxidation sites excluding steroid dienone is 1. The molecule has 8 rings (SSSR count). The van der Waals surface area contributed by atoms with Crippen LogP contribution in [0.15, 0.2) is 60.0 Å². The van der Waals surface area contributed by atoms with Crippen LogP contribution in [0.25, 0.3) is 10.8 Å². The molecule has 3 nitrogen and oxygen atoms in total. The van der Waals surface area contributed by atoms with Gasteiger partial charge in [0.05, 0.1) is 11.2 Å². The molecule has 1 aromatic carbocycles. The molecular weight excluding hydrogens is 428 g/mol. The first-order valence-corrected chi connectivity index (χ1v) is 14.3. The van der Waals surface area contributed by atoms with Crippen molar-refractivity contribution in [3.05, 3.63) is 65.5 Å². The summed E-state index contributed by atoms with van der Waals surface area (Å²) in [4.78, 5) is 7.18. The van der Waals surface area contributed by atoms with Crippen LogP contribution >= 0.6 is 0 Å². The van der Waals surface area contributed by atoms with Crippen LogP contribution in [0.5, 0.6) is 0 Å². The van der Waals surface area contributed by atoms with Crippen molar-refractivity contribution in [1.82, 2.24) is 9.88 Å². The lowest BCUT2D eigenvalue weighted by Gasteiger charge is -2.55. The highest BCUT2D eigenvalue weighted by Crippen LogP contribution is 2.69. The third kappa shape index (κ3) is 2.83. The molecule has 4 fully saturated rings. The Hall–Kier alpha value is -1.97. The number of aromatic nitrogens is 1. The quantitative estimate of drug-likeness (QED) is 0.479. The fourth-order valence-corrected chi connectivity index (χ4v) is 9.67. The largest absolute Gasteiger partial charge is 0.359 e. The molecule has 0 N–H and O–H groups in total. The Bertz CT molecular complexity index is 1260. The number of nitrogens with zero attached hydrogens (tertiary/aromatic N) is 2. The normalized spacial score (nSPS) is 42.4. The molecule has 3 aliphatic carbocycles. The van der Waals surface area contributed by atoms with Crippen LogP contribution in [0, 0.1) is 11.3 Å². The minimum absolute atomic E-state index is 0.0216. The lowest BCUT2D eigenvalue weighted by atomic mass is 9.58. The van der Waals surface area contributed by atoms with E-state index in [1.807, 2.05) is 12.4 Å². The van der Waals surface area contributed by atoms with E-state index in [1.165, 1.54) is 93.6 Å². The molecule has 35 heavy (non-hydrogen) atoms. The summed E-state index contributed by atoms with van der Waals surface area (Å²) in [7, 11) is 0. The van der Waals surface area contributed by atoms with Crippen LogP contribution in [-0.4, -0.2) is 40.2 Å². The zero-order chi connectivity index (χ0) is 23.3. The van der Waals surface area contributed by atoms with Crippen LogP contribution in [0.1, 0.15) is 82.6 Å². The Morgan fingerprint density at radius 1 is 1.03 bits per heavy atom. The fourth-order valence-electron chi connectivity index (χ4n) is 9.67. The van der Waals surface area contributed by atoms with Gasteiger partial charge in [-0.15, -0.1) is 0 Å². The number of ether oxygens (including phenoxy) is 1. The minimum Gasteiger partial charge on any atom is -0.359 e. The first-order valence-electron chi connectivity index (χ1n) is 14.3. The van der Waals surface area contributed by atoms with Gasteiger partial charge >= 0.3 is 0 Å². The number of fused-ring (bicyclic) bond motifs is 2. The summed E-state index contributed by atoms with van der Waals surface area (Å²) in [6, 6.07) is 9.99. The van der Waals surface area contributed by atoms with Gasteiger partial charge in [-0.2, -0.15) is 0 Å². The van der Waals surface area contributed by atoms with Crippen molar-refractivity contribution in [2.75, 3.05) is 13.1 Å². The summed E-state index contributed by atoms with van der Waals surface area (Å²) < 4.78 is 7.53. The molecular formula is C32H38N2O. The second-order valence-electron chi connectivity index (χ2n) is 12.8. The monoisotopic (exact) mass is 466 g/mol. The van der Waals surface area contributed by atoms with Crippen molar-refractivity contribution in [1.29, 1.82) is 0 Å². The van der Waals surface area contributed by atoms with Crippen molar-refractivity contribution < 1.29 is 4.74 Å². The van der Waals surface area contributed by atoms with Gasteiger partial charge in [0.1, 0.15) is 0 Å². The van der Waals surface area contributed by atoms with Crippen LogP contribution in [0.4, 0.5) is 0 Å². The van der Waals surface area contributed by atoms with Crippen molar-refractivity contribution in [3.63, 3.8) is 0 Å². The lowest BCUT2D eigenvalue weighted by Crippen LogP contribution is -2.55. The zero-order valence-corrected chi connectivity index (χ0v) is 21.1. The predicted octanol–water partition coefficient (Wildman–Crippen LogP) is 6.94. The molecule has 2 aromatic rings. The van der Waals surface area contributed by atoms with Crippen molar-refractivity contribution in [2.45, 2.75) is 94.3 Å². The molecule has 2 saturated carbocycles. The maximum absolute atomic E-state index is 7.53. The lowest BCUT2D eigenvalue weighted by molar-refractivity contribution is -0.140. The first-order chi connectivity index (χ1) is 17.1. The maximum Gasteiger partial charge on any atom is 0.0974 e. The van der Waals surface area contributed by atoms with Gasteiger partial charge in [0.15, 0.2) is 0 Å². The molecule has 6 aliphatic rings. The van der Waals surface area contributed by atoms with E-state index < -0.39 is 0 Å². The van der Waals surface area contributed by atoms with Crippen molar-refractivity contribution in [3.8, 4) is 0 Å². The Kier molecular flexibility index (Phi) is 4.41. The molecule has 0 amide bonds. The standard InChI is InChI=1S/C32H38N2O/c1-30-12-10-26-19-25-6-7-27(34-16-2-3-17-34)20-31(25)13-14-32(26,35-31)29(30)9-8-28(30)23-5-4-22-11-15-33-21-24(22)18-23/h4-5,10-11,15,18-19,21,27-29H,2-3,6-9,12-14,16-17,20H2,1H3/t27-,28?,29+,30+,31+,32+/m0/s1. The number of rotatable bonds is 2. The number of benzene rings is 1. The molecule has 2 spiro atoms. The molecule has 0 radical (unpaired) electrons. The first kappa shape index (κ1) is 21.1.